The molecule has 0 unspecified atom stereocenters. The Morgan fingerprint density at radius 2 is 1.55 bits per heavy atom. The van der Waals surface area contributed by atoms with Crippen LogP contribution in [0.1, 0.15) is 27.2 Å². The molecule has 0 bridgehead atoms. The molecule has 0 radical (unpaired) electrons. The van der Waals surface area contributed by atoms with E-state index in [0.29, 0.717) is 6.42 Å². The predicted molar refractivity (Wildman–Crippen MR) is 77.1 cm³/mol. The maximum atomic E-state index is 11.8. The molecule has 0 aromatic heterocycles. The van der Waals surface area contributed by atoms with Crippen molar-refractivity contribution < 1.29 is 29.0 Å². The van der Waals surface area contributed by atoms with Gasteiger partial charge >= 0.3 is 17.9 Å². The van der Waals surface area contributed by atoms with Gasteiger partial charge in [0, 0.05) is 0 Å². The third-order valence-electron chi connectivity index (χ3n) is 3.31. The van der Waals surface area contributed by atoms with Crippen molar-refractivity contribution in [1.29, 1.82) is 0 Å². The average Bonchev–Trinajstić information content (AvgIpc) is 2.50. The summed E-state index contributed by atoms with van der Waals surface area (Å²) in [6.07, 6.45) is -0.347. The highest BCUT2D eigenvalue weighted by molar-refractivity contribution is 5.91. The molecule has 5 atom stereocenters. The molecule has 22 heavy (non-hydrogen) atoms. The molecule has 9 nitrogen and oxygen atoms in total. The molecule has 0 heterocycles. The lowest BCUT2D eigenvalue weighted by molar-refractivity contribution is -0.165. The van der Waals surface area contributed by atoms with Gasteiger partial charge in [-0.1, -0.05) is 20.3 Å². The summed E-state index contributed by atoms with van der Waals surface area (Å²) >= 11 is 0. The van der Waals surface area contributed by atoms with Gasteiger partial charge in [0.15, 0.2) is 0 Å². The minimum atomic E-state index is -1.37. The van der Waals surface area contributed by atoms with E-state index in [4.69, 9.17) is 27.0 Å². The van der Waals surface area contributed by atoms with Crippen LogP contribution in [0.3, 0.4) is 0 Å². The fraction of sp³-hybridized carbons (Fsp3) is 0.769. The van der Waals surface area contributed by atoms with Crippen molar-refractivity contribution in [3.63, 3.8) is 0 Å². The van der Waals surface area contributed by atoms with E-state index >= 15 is 0 Å². The largest absolute Gasteiger partial charge is 0.459 e. The summed E-state index contributed by atoms with van der Waals surface area (Å²) in [7, 11) is 0. The molecule has 0 saturated heterocycles. The Hall–Kier alpha value is -1.55. The molecule has 0 aromatic rings. The van der Waals surface area contributed by atoms with E-state index in [-0.39, 0.29) is 5.92 Å². The minimum absolute atomic E-state index is 0.0907. The molecule has 9 heteroatoms. The topological polar surface area (TPSA) is 168 Å². The van der Waals surface area contributed by atoms with E-state index in [1.807, 2.05) is 6.92 Å². The maximum Gasteiger partial charge on any atom is 0.334 e. The summed E-state index contributed by atoms with van der Waals surface area (Å²) in [6.45, 7) is 4.37. The summed E-state index contributed by atoms with van der Waals surface area (Å²) in [5, 5.41) is 8.67. The smallest absolute Gasteiger partial charge is 0.334 e. The third kappa shape index (κ3) is 6.06. The molecule has 0 aliphatic carbocycles. The van der Waals surface area contributed by atoms with Crippen LogP contribution in [-0.4, -0.2) is 53.9 Å². The van der Waals surface area contributed by atoms with Crippen LogP contribution in [0.4, 0.5) is 0 Å². The number of ether oxygens (including phenoxy) is 2. The van der Waals surface area contributed by atoms with Gasteiger partial charge < -0.3 is 31.8 Å². The second-order valence-electron chi connectivity index (χ2n) is 5.11. The molecule has 0 aliphatic heterocycles. The summed E-state index contributed by atoms with van der Waals surface area (Å²) in [5.41, 5.74) is 16.5. The van der Waals surface area contributed by atoms with Gasteiger partial charge in [-0.25, -0.2) is 9.59 Å². The van der Waals surface area contributed by atoms with Gasteiger partial charge in [-0.15, -0.1) is 0 Å². The monoisotopic (exact) mass is 319 g/mol. The van der Waals surface area contributed by atoms with Crippen LogP contribution >= 0.6 is 0 Å². The van der Waals surface area contributed by atoms with E-state index in [1.165, 1.54) is 6.92 Å². The molecule has 0 aromatic carbocycles. The lowest BCUT2D eigenvalue weighted by atomic mass is 10.0. The van der Waals surface area contributed by atoms with Crippen LogP contribution in [0.15, 0.2) is 0 Å². The quantitative estimate of drug-likeness (QED) is 0.292. The Morgan fingerprint density at radius 1 is 1.00 bits per heavy atom. The normalized spacial score (nSPS) is 17.8. The van der Waals surface area contributed by atoms with Crippen molar-refractivity contribution in [2.75, 3.05) is 6.61 Å². The van der Waals surface area contributed by atoms with Crippen molar-refractivity contribution in [1.82, 2.24) is 0 Å². The first kappa shape index (κ1) is 20.5. The average molecular weight is 319 g/mol. The summed E-state index contributed by atoms with van der Waals surface area (Å²) < 4.78 is 9.39. The zero-order valence-corrected chi connectivity index (χ0v) is 13.0. The summed E-state index contributed by atoms with van der Waals surface area (Å²) in [6, 6.07) is -3.55. The highest BCUT2D eigenvalue weighted by Crippen LogP contribution is 2.09. The van der Waals surface area contributed by atoms with Gasteiger partial charge in [0.1, 0.15) is 24.2 Å². The molecule has 128 valence electrons. The number of aliphatic hydroxyl groups excluding tert-OH is 1. The lowest BCUT2D eigenvalue weighted by Crippen LogP contribution is -2.49. The Morgan fingerprint density at radius 3 is 2.00 bits per heavy atom. The second-order valence-corrected chi connectivity index (χ2v) is 5.11. The molecule has 0 amide bonds. The van der Waals surface area contributed by atoms with Crippen molar-refractivity contribution in [2.45, 2.75) is 51.4 Å². The minimum Gasteiger partial charge on any atom is -0.459 e. The number of esters is 3. The summed E-state index contributed by atoms with van der Waals surface area (Å²) in [5.74, 6) is -3.00. The van der Waals surface area contributed by atoms with Gasteiger partial charge in [0.05, 0.1) is 6.61 Å². The van der Waals surface area contributed by atoms with Crippen molar-refractivity contribution in [2.24, 2.45) is 23.1 Å². The molecular formula is C13H25N3O6. The van der Waals surface area contributed by atoms with E-state index < -0.39 is 48.7 Å². The molecule has 0 fully saturated rings. The Balaban J connectivity index is 4.53. The molecule has 0 spiro atoms. The number of nitrogens with two attached hydrogens (primary N) is 3. The highest BCUT2D eigenvalue weighted by atomic mass is 16.6. The zero-order valence-electron chi connectivity index (χ0n) is 13.0. The first-order valence-electron chi connectivity index (χ1n) is 6.99. The molecule has 7 N–H and O–H groups in total. The van der Waals surface area contributed by atoms with Crippen LogP contribution in [0.2, 0.25) is 0 Å². The number of carbonyl (C=O) groups is 3. The second kappa shape index (κ2) is 9.46. The first-order chi connectivity index (χ1) is 10.1. The maximum absolute atomic E-state index is 11.8. The van der Waals surface area contributed by atoms with Gasteiger partial charge in [-0.05, 0) is 12.8 Å². The Labute approximate surface area is 129 Å². The Bertz CT molecular complexity index is 403. The van der Waals surface area contributed by atoms with Crippen molar-refractivity contribution in [3.8, 4) is 0 Å². The van der Waals surface area contributed by atoms with Crippen molar-refractivity contribution in [3.05, 3.63) is 0 Å². The van der Waals surface area contributed by atoms with Gasteiger partial charge in [-0.3, -0.25) is 4.79 Å². The van der Waals surface area contributed by atoms with E-state index in [2.05, 4.69) is 4.74 Å². The number of rotatable bonds is 8. The van der Waals surface area contributed by atoms with Gasteiger partial charge in [-0.2, -0.15) is 0 Å². The van der Waals surface area contributed by atoms with E-state index in [1.54, 1.807) is 6.92 Å². The predicted octanol–water partition coefficient (Wildman–Crippen LogP) is -1.99. The van der Waals surface area contributed by atoms with Crippen molar-refractivity contribution >= 4 is 17.9 Å². The Kier molecular flexibility index (Phi) is 8.80. The first-order valence-corrected chi connectivity index (χ1v) is 6.99. The van der Waals surface area contributed by atoms with Gasteiger partial charge in [0.2, 0.25) is 0 Å². The number of hydrogen-bond acceptors (Lipinski definition) is 9. The van der Waals surface area contributed by atoms with Crippen LogP contribution in [-0.2, 0) is 23.9 Å². The lowest BCUT2D eigenvalue weighted by Gasteiger charge is -2.23. The highest BCUT2D eigenvalue weighted by Gasteiger charge is 2.31. The van der Waals surface area contributed by atoms with E-state index in [9.17, 15) is 14.4 Å². The SMILES string of the molecule is CC[C@H](C)[C@H](N)C(=O)O[C@H](C)[C@H](N)C(=O)OC(=O)[C@@H](N)CO. The molecule has 0 aliphatic rings. The molecule has 0 saturated carbocycles. The molecular weight excluding hydrogens is 294 g/mol. The van der Waals surface area contributed by atoms with E-state index in [0.717, 1.165) is 0 Å². The number of hydrogen-bond donors (Lipinski definition) is 4. The standard InChI is InChI=1S/C13H25N3O6/c1-4-6(2)9(15)12(19)21-7(3)10(16)13(20)22-11(18)8(14)5-17/h6-10,17H,4-5,14-16H2,1-3H3/t6-,7+,8-,9-,10-/m0/s1. The fourth-order valence-electron chi connectivity index (χ4n) is 1.33. The molecule has 0 rings (SSSR count). The third-order valence-corrected chi connectivity index (χ3v) is 3.31. The van der Waals surface area contributed by atoms with Crippen LogP contribution in [0, 0.1) is 5.92 Å². The zero-order chi connectivity index (χ0) is 17.4. The number of carbonyl (C=O) groups excluding carboxylic acids is 3. The summed E-state index contributed by atoms with van der Waals surface area (Å²) in [4.78, 5) is 34.7. The number of aliphatic hydroxyl groups is 1. The van der Waals surface area contributed by atoms with Crippen LogP contribution in [0.5, 0.6) is 0 Å². The van der Waals surface area contributed by atoms with Gasteiger partial charge in [0.25, 0.3) is 0 Å². The fourth-order valence-corrected chi connectivity index (χ4v) is 1.33. The van der Waals surface area contributed by atoms with Crippen LogP contribution < -0.4 is 17.2 Å². The van der Waals surface area contributed by atoms with Crippen LogP contribution in [0.25, 0.3) is 0 Å².